The van der Waals surface area contributed by atoms with Gasteiger partial charge in [-0.1, -0.05) is 0 Å². The van der Waals surface area contributed by atoms with Gasteiger partial charge in [0.25, 0.3) is 0 Å². The van der Waals surface area contributed by atoms with Gasteiger partial charge in [0.15, 0.2) is 35.2 Å². The van der Waals surface area contributed by atoms with E-state index in [1.54, 1.807) is 31.2 Å². The molecule has 2 aliphatic heterocycles. The molecule has 6 atom stereocenters. The van der Waals surface area contributed by atoms with Crippen LogP contribution in [-0.4, -0.2) is 89.0 Å². The van der Waals surface area contributed by atoms with Crippen LogP contribution >= 0.6 is 0 Å². The van der Waals surface area contributed by atoms with Crippen molar-refractivity contribution in [3.63, 3.8) is 0 Å². The second-order valence-corrected chi connectivity index (χ2v) is 9.31. The average molecular weight is 539 g/mol. The zero-order valence-electron chi connectivity index (χ0n) is 21.4. The number of fused-ring (bicyclic) bond motifs is 1. The largest absolute Gasteiger partial charge is 0.502 e. The van der Waals surface area contributed by atoms with Crippen molar-refractivity contribution < 1.29 is 59.1 Å². The van der Waals surface area contributed by atoms with E-state index in [1.807, 2.05) is 0 Å². The van der Waals surface area contributed by atoms with Gasteiger partial charge >= 0.3 is 5.97 Å². The molecule has 2 aromatic carbocycles. The van der Waals surface area contributed by atoms with Crippen LogP contribution in [0, 0.1) is 5.92 Å². The number of aryl methyl sites for hydroxylation is 1. The van der Waals surface area contributed by atoms with Crippen LogP contribution in [0.3, 0.4) is 0 Å². The number of phenols is 1. The van der Waals surface area contributed by atoms with Crippen LogP contribution in [0.15, 0.2) is 24.3 Å². The lowest BCUT2D eigenvalue weighted by Gasteiger charge is -2.42. The zero-order valence-corrected chi connectivity index (χ0v) is 21.4. The van der Waals surface area contributed by atoms with E-state index in [0.29, 0.717) is 24.0 Å². The van der Waals surface area contributed by atoms with Gasteiger partial charge in [-0.3, -0.25) is 0 Å². The minimum absolute atomic E-state index is 0.0159. The number of hydrogen-bond donors (Lipinski definition) is 6. The maximum Gasteiger partial charge on any atom is 0.354 e. The highest BCUT2D eigenvalue weighted by Crippen LogP contribution is 2.49. The summed E-state index contributed by atoms with van der Waals surface area (Å²) in [5, 5.41) is 60.8. The minimum atomic E-state index is -2.63. The second kappa shape index (κ2) is 11.4. The Balaban J connectivity index is 1.71. The highest BCUT2D eigenvalue weighted by Gasteiger charge is 2.52. The monoisotopic (exact) mass is 538 g/mol. The summed E-state index contributed by atoms with van der Waals surface area (Å²) in [5.41, 5.74) is 1.27. The summed E-state index contributed by atoms with van der Waals surface area (Å²) in [6.45, 7) is 0.970. The molecule has 6 N–H and O–H groups in total. The first-order chi connectivity index (χ1) is 18.1. The molecular weight excluding hydrogens is 504 g/mol. The fourth-order valence-electron chi connectivity index (χ4n) is 4.53. The Morgan fingerprint density at radius 2 is 1.68 bits per heavy atom. The quantitative estimate of drug-likeness (QED) is 0.246. The van der Waals surface area contributed by atoms with Gasteiger partial charge in [-0.2, -0.15) is 0 Å². The summed E-state index contributed by atoms with van der Waals surface area (Å²) in [5.74, 6) is -2.85. The molecule has 0 radical (unpaired) electrons. The van der Waals surface area contributed by atoms with Crippen LogP contribution in [0.2, 0.25) is 0 Å². The van der Waals surface area contributed by atoms with Gasteiger partial charge in [0.05, 0.1) is 33.5 Å². The van der Waals surface area contributed by atoms with E-state index < -0.39 is 42.9 Å². The van der Waals surface area contributed by atoms with E-state index in [0.717, 1.165) is 0 Å². The van der Waals surface area contributed by atoms with Gasteiger partial charge in [-0.25, -0.2) is 0 Å². The molecule has 0 aliphatic carbocycles. The highest BCUT2D eigenvalue weighted by molar-refractivity contribution is 5.57. The van der Waals surface area contributed by atoms with E-state index in [1.165, 1.54) is 14.2 Å². The number of ether oxygens (including phenoxy) is 6. The van der Waals surface area contributed by atoms with Gasteiger partial charge in [0.1, 0.15) is 6.10 Å². The first kappa shape index (κ1) is 28.0. The van der Waals surface area contributed by atoms with Gasteiger partial charge in [0, 0.05) is 18.1 Å². The molecule has 1 fully saturated rings. The molecule has 6 unspecified atom stereocenters. The molecule has 1 saturated heterocycles. The molecule has 2 aromatic rings. The van der Waals surface area contributed by atoms with Crippen molar-refractivity contribution >= 4 is 0 Å². The van der Waals surface area contributed by atoms with Gasteiger partial charge in [0.2, 0.25) is 11.5 Å². The number of aliphatic hydroxyl groups excluding tert-OH is 4. The highest BCUT2D eigenvalue weighted by atomic mass is 16.8. The Morgan fingerprint density at radius 3 is 2.29 bits per heavy atom. The van der Waals surface area contributed by atoms with Crippen molar-refractivity contribution in [2.75, 3.05) is 34.0 Å². The van der Waals surface area contributed by atoms with Crippen LogP contribution in [0.25, 0.3) is 0 Å². The number of aliphatic hydroxyl groups is 5. The predicted octanol–water partition coefficient (Wildman–Crippen LogP) is 0.621. The van der Waals surface area contributed by atoms with E-state index >= 15 is 0 Å². The summed E-state index contributed by atoms with van der Waals surface area (Å²) in [6, 6.07) is 6.49. The lowest BCUT2D eigenvalue weighted by molar-refractivity contribution is -0.399. The van der Waals surface area contributed by atoms with E-state index in [9.17, 15) is 30.6 Å². The summed E-state index contributed by atoms with van der Waals surface area (Å²) in [6.07, 6.45) is -3.81. The topological polar surface area (TPSA) is 177 Å². The molecular formula is C26H34O12. The Bertz CT molecular complexity index is 1100. The second-order valence-electron chi connectivity index (χ2n) is 9.31. The summed E-state index contributed by atoms with van der Waals surface area (Å²) in [7, 11) is 2.83. The maximum atomic E-state index is 11.0. The third-order valence-corrected chi connectivity index (χ3v) is 6.69. The Morgan fingerprint density at radius 1 is 1.00 bits per heavy atom. The number of hydrogen-bond acceptors (Lipinski definition) is 12. The van der Waals surface area contributed by atoms with Crippen LogP contribution in [0.5, 0.6) is 34.5 Å². The molecule has 0 bridgehead atoms. The Hall–Kier alpha value is -3.00. The molecule has 12 heteroatoms. The molecule has 2 heterocycles. The minimum Gasteiger partial charge on any atom is -0.502 e. The van der Waals surface area contributed by atoms with Crippen molar-refractivity contribution in [2.24, 2.45) is 5.92 Å². The van der Waals surface area contributed by atoms with Crippen LogP contribution in [-0.2, 0) is 11.2 Å². The summed E-state index contributed by atoms with van der Waals surface area (Å²) >= 11 is 0. The van der Waals surface area contributed by atoms with E-state index in [2.05, 4.69) is 0 Å². The molecule has 0 saturated carbocycles. The molecule has 38 heavy (non-hydrogen) atoms. The van der Waals surface area contributed by atoms with Crippen LogP contribution in [0.1, 0.15) is 30.6 Å². The summed E-state index contributed by atoms with van der Waals surface area (Å²) in [4.78, 5) is 0. The number of rotatable bonds is 9. The van der Waals surface area contributed by atoms with Crippen molar-refractivity contribution in [3.05, 3.63) is 35.4 Å². The number of benzene rings is 2. The molecule has 0 aromatic heterocycles. The smallest absolute Gasteiger partial charge is 0.354 e. The molecule has 4 rings (SSSR count). The molecule has 210 valence electrons. The molecule has 2 aliphatic rings. The summed E-state index contributed by atoms with van der Waals surface area (Å²) < 4.78 is 34.0. The van der Waals surface area contributed by atoms with E-state index in [-0.39, 0.29) is 47.7 Å². The van der Waals surface area contributed by atoms with Gasteiger partial charge < -0.3 is 59.1 Å². The SMILES string of the molecule is COc1cc(C2Oc3cc(CCCO)cc(OC4(O)OCC(CO)C(O)C4O)c3OC2C)cc(OC)c1O. The van der Waals surface area contributed by atoms with Gasteiger partial charge in [-0.05, 0) is 49.6 Å². The standard InChI is InChI=1S/C26H34O12/c1-13-23(15-9-17(33-2)22(30)18(10-15)34-3)37-19-7-14(5-4-6-27)8-20(24(19)36-13)38-26(32)25(31)21(29)16(11-28)12-35-26/h7-10,13,16,21,23,25,27-32H,4-6,11-12H2,1-3H3. The van der Waals surface area contributed by atoms with Gasteiger partial charge in [-0.15, -0.1) is 0 Å². The molecule has 0 spiro atoms. The van der Waals surface area contributed by atoms with Crippen molar-refractivity contribution in [2.45, 2.75) is 50.2 Å². The zero-order chi connectivity index (χ0) is 27.6. The normalized spacial score (nSPS) is 28.6. The molecule has 0 amide bonds. The van der Waals surface area contributed by atoms with Crippen LogP contribution in [0.4, 0.5) is 0 Å². The number of aromatic hydroxyl groups is 1. The lowest BCUT2D eigenvalue weighted by atomic mass is 9.95. The predicted molar refractivity (Wildman–Crippen MR) is 131 cm³/mol. The first-order valence-corrected chi connectivity index (χ1v) is 12.2. The fraction of sp³-hybridized carbons (Fsp3) is 0.538. The lowest BCUT2D eigenvalue weighted by Crippen LogP contribution is -2.62. The van der Waals surface area contributed by atoms with Crippen LogP contribution < -0.4 is 23.7 Å². The first-order valence-electron chi connectivity index (χ1n) is 12.2. The third-order valence-electron chi connectivity index (χ3n) is 6.69. The fourth-order valence-corrected chi connectivity index (χ4v) is 4.53. The van der Waals surface area contributed by atoms with Crippen molar-refractivity contribution in [3.8, 4) is 34.5 Å². The van der Waals surface area contributed by atoms with Crippen molar-refractivity contribution in [1.29, 1.82) is 0 Å². The Labute approximate surface area is 219 Å². The maximum absolute atomic E-state index is 11.0. The number of phenolic OH excluding ortho intramolecular Hbond substituents is 1. The third kappa shape index (κ3) is 5.28. The van der Waals surface area contributed by atoms with E-state index in [4.69, 9.17) is 28.4 Å². The average Bonchev–Trinajstić information content (AvgIpc) is 2.91. The van der Waals surface area contributed by atoms with Crippen molar-refractivity contribution in [1.82, 2.24) is 0 Å². The Kier molecular flexibility index (Phi) is 8.40. The number of methoxy groups -OCH3 is 2. The molecule has 12 nitrogen and oxygen atoms in total.